The van der Waals surface area contributed by atoms with Crippen LogP contribution in [0.25, 0.3) is 0 Å². The number of ether oxygens (including phenoxy) is 2. The number of rotatable bonds is 6. The second kappa shape index (κ2) is 7.57. The lowest BCUT2D eigenvalue weighted by molar-refractivity contribution is 0.100. The van der Waals surface area contributed by atoms with Gasteiger partial charge >= 0.3 is 0 Å². The van der Waals surface area contributed by atoms with E-state index >= 15 is 0 Å². The SMILES string of the molecule is COc1ccc(C(=O)c2cnncc2C(=O)c2ccc(OC)cc2)cc1. The highest BCUT2D eigenvalue weighted by Crippen LogP contribution is 2.20. The highest BCUT2D eigenvalue weighted by molar-refractivity contribution is 6.19. The molecule has 6 nitrogen and oxygen atoms in total. The lowest BCUT2D eigenvalue weighted by atomic mass is 9.96. The van der Waals surface area contributed by atoms with E-state index in [1.807, 2.05) is 0 Å². The molecule has 0 radical (unpaired) electrons. The molecule has 130 valence electrons. The Morgan fingerprint density at radius 2 is 1.00 bits per heavy atom. The first-order valence-corrected chi connectivity index (χ1v) is 7.82. The second-order valence-corrected chi connectivity index (χ2v) is 5.43. The highest BCUT2D eigenvalue weighted by atomic mass is 16.5. The summed E-state index contributed by atoms with van der Waals surface area (Å²) in [6.45, 7) is 0. The number of carbonyl (C=O) groups excluding carboxylic acids is 2. The van der Waals surface area contributed by atoms with Crippen LogP contribution in [0.2, 0.25) is 0 Å². The number of ketones is 2. The van der Waals surface area contributed by atoms with Gasteiger partial charge in [0.15, 0.2) is 11.6 Å². The minimum atomic E-state index is -0.306. The molecule has 0 aliphatic carbocycles. The predicted molar refractivity (Wildman–Crippen MR) is 94.9 cm³/mol. The topological polar surface area (TPSA) is 78.4 Å². The van der Waals surface area contributed by atoms with Gasteiger partial charge in [-0.1, -0.05) is 0 Å². The van der Waals surface area contributed by atoms with E-state index in [0.29, 0.717) is 22.6 Å². The largest absolute Gasteiger partial charge is 0.497 e. The smallest absolute Gasteiger partial charge is 0.195 e. The van der Waals surface area contributed by atoms with Crippen LogP contribution >= 0.6 is 0 Å². The molecule has 1 aromatic heterocycles. The summed E-state index contributed by atoms with van der Waals surface area (Å²) in [6, 6.07) is 13.3. The minimum absolute atomic E-state index is 0.200. The normalized spacial score (nSPS) is 10.2. The van der Waals surface area contributed by atoms with Gasteiger partial charge in [-0.25, -0.2) is 0 Å². The fraction of sp³-hybridized carbons (Fsp3) is 0.100. The Balaban J connectivity index is 1.96. The predicted octanol–water partition coefficient (Wildman–Crippen LogP) is 2.96. The third-order valence-electron chi connectivity index (χ3n) is 3.92. The van der Waals surface area contributed by atoms with E-state index in [1.165, 1.54) is 12.4 Å². The van der Waals surface area contributed by atoms with Gasteiger partial charge in [-0.05, 0) is 48.5 Å². The molecule has 6 heteroatoms. The fourth-order valence-corrected chi connectivity index (χ4v) is 2.48. The molecular weight excluding hydrogens is 332 g/mol. The third kappa shape index (κ3) is 3.44. The molecule has 0 amide bonds. The first-order valence-electron chi connectivity index (χ1n) is 7.82. The zero-order valence-corrected chi connectivity index (χ0v) is 14.3. The van der Waals surface area contributed by atoms with Crippen molar-refractivity contribution in [2.24, 2.45) is 0 Å². The molecule has 0 N–H and O–H groups in total. The van der Waals surface area contributed by atoms with Gasteiger partial charge in [0.25, 0.3) is 0 Å². The van der Waals surface area contributed by atoms with Crippen LogP contribution in [0.1, 0.15) is 31.8 Å². The third-order valence-corrected chi connectivity index (χ3v) is 3.92. The van der Waals surface area contributed by atoms with Crippen molar-refractivity contribution in [3.8, 4) is 11.5 Å². The van der Waals surface area contributed by atoms with Crippen molar-refractivity contribution < 1.29 is 19.1 Å². The molecule has 1 heterocycles. The Morgan fingerprint density at radius 3 is 1.31 bits per heavy atom. The highest BCUT2D eigenvalue weighted by Gasteiger charge is 2.20. The van der Waals surface area contributed by atoms with E-state index in [4.69, 9.17) is 9.47 Å². The molecule has 0 saturated heterocycles. The summed E-state index contributed by atoms with van der Waals surface area (Å²) in [5.41, 5.74) is 1.27. The molecule has 0 unspecified atom stereocenters. The van der Waals surface area contributed by atoms with Crippen LogP contribution in [0.4, 0.5) is 0 Å². The van der Waals surface area contributed by atoms with Gasteiger partial charge in [0.2, 0.25) is 0 Å². The molecule has 0 atom stereocenters. The van der Waals surface area contributed by atoms with E-state index in [9.17, 15) is 9.59 Å². The standard InChI is InChI=1S/C20H16N2O4/c1-25-15-7-3-13(4-8-15)19(23)17-11-21-22-12-18(17)20(24)14-5-9-16(26-2)10-6-14/h3-12H,1-2H3. The molecule has 0 saturated carbocycles. The van der Waals surface area contributed by atoms with Gasteiger partial charge in [-0.15, -0.1) is 0 Å². The van der Waals surface area contributed by atoms with Crippen LogP contribution in [-0.4, -0.2) is 36.0 Å². The van der Waals surface area contributed by atoms with Gasteiger partial charge in [0.1, 0.15) is 11.5 Å². The number of hydrogen-bond acceptors (Lipinski definition) is 6. The van der Waals surface area contributed by atoms with E-state index in [0.717, 1.165) is 0 Å². The first kappa shape index (κ1) is 17.3. The van der Waals surface area contributed by atoms with Crippen LogP contribution in [0.15, 0.2) is 60.9 Å². The monoisotopic (exact) mass is 348 g/mol. The fourth-order valence-electron chi connectivity index (χ4n) is 2.48. The van der Waals surface area contributed by atoms with E-state index in [-0.39, 0.29) is 22.7 Å². The number of aromatic nitrogens is 2. The lowest BCUT2D eigenvalue weighted by Gasteiger charge is -2.08. The maximum Gasteiger partial charge on any atom is 0.195 e. The van der Waals surface area contributed by atoms with Crippen molar-refractivity contribution in [3.05, 3.63) is 83.2 Å². The summed E-state index contributed by atoms with van der Waals surface area (Å²) < 4.78 is 10.2. The van der Waals surface area contributed by atoms with Crippen molar-refractivity contribution in [1.29, 1.82) is 0 Å². The molecular formula is C20H16N2O4. The maximum absolute atomic E-state index is 12.8. The van der Waals surface area contributed by atoms with Crippen molar-refractivity contribution in [2.75, 3.05) is 14.2 Å². The van der Waals surface area contributed by atoms with Gasteiger partial charge in [0, 0.05) is 11.1 Å². The summed E-state index contributed by atoms with van der Waals surface area (Å²) in [7, 11) is 3.10. The summed E-state index contributed by atoms with van der Waals surface area (Å²) in [5, 5.41) is 7.52. The minimum Gasteiger partial charge on any atom is -0.497 e. The Morgan fingerprint density at radius 1 is 0.654 bits per heavy atom. The van der Waals surface area contributed by atoms with Gasteiger partial charge in [-0.2, -0.15) is 10.2 Å². The average molecular weight is 348 g/mol. The molecule has 0 spiro atoms. The zero-order chi connectivity index (χ0) is 18.5. The summed E-state index contributed by atoms with van der Waals surface area (Å²) in [5.74, 6) is 0.673. The van der Waals surface area contributed by atoms with Crippen LogP contribution < -0.4 is 9.47 Å². The molecule has 2 aromatic carbocycles. The summed E-state index contributed by atoms with van der Waals surface area (Å²) >= 11 is 0. The Hall–Kier alpha value is -3.54. The first-order chi connectivity index (χ1) is 12.6. The summed E-state index contributed by atoms with van der Waals surface area (Å²) in [4.78, 5) is 25.6. The Labute approximate surface area is 150 Å². The molecule has 3 rings (SSSR count). The number of methoxy groups -OCH3 is 2. The van der Waals surface area contributed by atoms with E-state index in [1.54, 1.807) is 62.8 Å². The molecule has 0 fully saturated rings. The zero-order valence-electron chi connectivity index (χ0n) is 14.3. The molecule has 0 bridgehead atoms. The lowest BCUT2D eigenvalue weighted by Crippen LogP contribution is -2.12. The van der Waals surface area contributed by atoms with Crippen molar-refractivity contribution >= 4 is 11.6 Å². The van der Waals surface area contributed by atoms with Gasteiger partial charge < -0.3 is 9.47 Å². The number of hydrogen-bond donors (Lipinski definition) is 0. The average Bonchev–Trinajstić information content (AvgIpc) is 2.73. The molecule has 0 aliphatic heterocycles. The van der Waals surface area contributed by atoms with Crippen molar-refractivity contribution in [1.82, 2.24) is 10.2 Å². The van der Waals surface area contributed by atoms with Crippen LogP contribution in [-0.2, 0) is 0 Å². The number of nitrogens with zero attached hydrogens (tertiary/aromatic N) is 2. The van der Waals surface area contributed by atoms with Crippen LogP contribution in [0.5, 0.6) is 11.5 Å². The van der Waals surface area contributed by atoms with E-state index < -0.39 is 0 Å². The van der Waals surface area contributed by atoms with Crippen molar-refractivity contribution in [2.45, 2.75) is 0 Å². The number of benzene rings is 2. The van der Waals surface area contributed by atoms with E-state index in [2.05, 4.69) is 10.2 Å². The van der Waals surface area contributed by atoms with Crippen LogP contribution in [0.3, 0.4) is 0 Å². The Bertz CT molecular complexity index is 856. The summed E-state index contributed by atoms with van der Waals surface area (Å²) in [6.07, 6.45) is 2.62. The van der Waals surface area contributed by atoms with Crippen molar-refractivity contribution in [3.63, 3.8) is 0 Å². The molecule has 0 aliphatic rings. The Kier molecular flexibility index (Phi) is 5.03. The van der Waals surface area contributed by atoms with Crippen LogP contribution in [0, 0.1) is 0 Å². The second-order valence-electron chi connectivity index (χ2n) is 5.43. The van der Waals surface area contributed by atoms with Gasteiger partial charge in [-0.3, -0.25) is 9.59 Å². The van der Waals surface area contributed by atoms with Gasteiger partial charge in [0.05, 0.1) is 37.7 Å². The molecule has 26 heavy (non-hydrogen) atoms. The number of carbonyl (C=O) groups is 2. The maximum atomic E-state index is 12.8. The molecule has 3 aromatic rings. The quantitative estimate of drug-likeness (QED) is 0.637.